The molecule has 0 bridgehead atoms. The maximum atomic E-state index is 12.4. The van der Waals surface area contributed by atoms with Crippen molar-refractivity contribution < 1.29 is 18.8 Å². The molecule has 1 N–H and O–H groups in total. The zero-order valence-corrected chi connectivity index (χ0v) is 14.6. The molecule has 0 radical (unpaired) electrons. The van der Waals surface area contributed by atoms with Gasteiger partial charge in [0.25, 0.3) is 5.78 Å². The highest BCUT2D eigenvalue weighted by molar-refractivity contribution is 6.42. The minimum Gasteiger partial charge on any atom is -0.453 e. The van der Waals surface area contributed by atoms with Crippen molar-refractivity contribution in [1.29, 1.82) is 0 Å². The van der Waals surface area contributed by atoms with Gasteiger partial charge in [0.1, 0.15) is 12.3 Å². The average molecular weight is 360 g/mol. The number of H-pyrrole nitrogens is 1. The monoisotopic (exact) mass is 360 g/mol. The number of esters is 1. The Morgan fingerprint density at radius 2 is 1.89 bits per heavy atom. The van der Waals surface area contributed by atoms with Gasteiger partial charge in [0.05, 0.1) is 5.56 Å². The lowest BCUT2D eigenvalue weighted by atomic mass is 10.1. The second-order valence-electron chi connectivity index (χ2n) is 6.20. The Labute approximate surface area is 154 Å². The third kappa shape index (κ3) is 3.37. The van der Waals surface area contributed by atoms with Crippen molar-refractivity contribution in [3.63, 3.8) is 0 Å². The molecule has 27 heavy (non-hydrogen) atoms. The summed E-state index contributed by atoms with van der Waals surface area (Å²) in [6.45, 7) is 1.86. The van der Waals surface area contributed by atoms with Gasteiger partial charge in [0.15, 0.2) is 5.76 Å². The number of hydrogen-bond acceptors (Lipinski definition) is 5. The summed E-state index contributed by atoms with van der Waals surface area (Å²) in [4.78, 5) is 27.5. The summed E-state index contributed by atoms with van der Waals surface area (Å²) >= 11 is 0. The summed E-state index contributed by atoms with van der Waals surface area (Å²) < 4.78 is 10.4. The lowest BCUT2D eigenvalue weighted by Crippen LogP contribution is -2.17. The number of aryl methyl sites for hydroxylation is 1. The van der Waals surface area contributed by atoms with Crippen LogP contribution in [0.5, 0.6) is 0 Å². The molecule has 0 aliphatic rings. The molecule has 0 aliphatic carbocycles. The zero-order valence-electron chi connectivity index (χ0n) is 14.6. The van der Waals surface area contributed by atoms with Crippen LogP contribution < -0.4 is 0 Å². The minimum absolute atomic E-state index is 0.137. The van der Waals surface area contributed by atoms with Gasteiger partial charge in [-0.05, 0) is 13.0 Å². The predicted octanol–water partition coefficient (Wildman–Crippen LogP) is 4.06. The number of carbonyl (C=O) groups excluding carboxylic acids is 2. The Balaban J connectivity index is 1.43. The Morgan fingerprint density at radius 1 is 1.11 bits per heavy atom. The number of Topliss-reactive ketones (excluding diaryl/α,β-unsaturated/α-hetero) is 1. The van der Waals surface area contributed by atoms with Gasteiger partial charge in [-0.3, -0.25) is 4.79 Å². The average Bonchev–Trinajstić information content (AvgIpc) is 3.33. The molecule has 6 heteroatoms. The number of aromatic nitrogens is 2. The van der Waals surface area contributed by atoms with E-state index in [0.29, 0.717) is 16.8 Å². The highest BCUT2D eigenvalue weighted by Gasteiger charge is 2.22. The molecule has 2 heterocycles. The topological polar surface area (TPSA) is 85.2 Å². The van der Waals surface area contributed by atoms with Gasteiger partial charge in [0.2, 0.25) is 0 Å². The van der Waals surface area contributed by atoms with E-state index in [4.69, 9.17) is 9.26 Å². The van der Waals surface area contributed by atoms with Crippen molar-refractivity contribution in [3.05, 3.63) is 77.6 Å². The van der Waals surface area contributed by atoms with Crippen LogP contribution in [0.4, 0.5) is 0 Å². The van der Waals surface area contributed by atoms with Crippen LogP contribution in [-0.2, 0) is 16.1 Å². The first-order chi connectivity index (χ1) is 13.1. The number of ether oxygens (including phenoxy) is 1. The van der Waals surface area contributed by atoms with Gasteiger partial charge in [-0.1, -0.05) is 53.2 Å². The highest BCUT2D eigenvalue weighted by atomic mass is 16.5. The minimum atomic E-state index is -0.931. The van der Waals surface area contributed by atoms with Gasteiger partial charge < -0.3 is 14.2 Å². The molecule has 0 spiro atoms. The van der Waals surface area contributed by atoms with Crippen LogP contribution in [0.2, 0.25) is 0 Å². The molecule has 4 rings (SSSR count). The summed E-state index contributed by atoms with van der Waals surface area (Å²) in [6.07, 6.45) is 1.51. The van der Waals surface area contributed by atoms with E-state index in [1.54, 1.807) is 18.2 Å². The van der Waals surface area contributed by atoms with Crippen molar-refractivity contribution in [3.8, 4) is 11.3 Å². The number of fused-ring (bicyclic) bond motifs is 1. The molecule has 4 aromatic rings. The molecule has 0 saturated heterocycles. The van der Waals surface area contributed by atoms with E-state index in [2.05, 4.69) is 10.1 Å². The second kappa shape index (κ2) is 6.92. The van der Waals surface area contributed by atoms with E-state index < -0.39 is 11.8 Å². The van der Waals surface area contributed by atoms with Gasteiger partial charge >= 0.3 is 5.97 Å². The standard InChI is InChI=1S/C21H16N2O4/c1-13-6-8-14(9-7-13)19-10-15(23-27-19)12-26-21(25)20(24)17-11-22-18-5-3-2-4-16(17)18/h2-11,22H,12H2,1H3. The van der Waals surface area contributed by atoms with Crippen LogP contribution in [0, 0.1) is 6.92 Å². The normalized spacial score (nSPS) is 10.9. The smallest absolute Gasteiger partial charge is 0.380 e. The Morgan fingerprint density at radius 3 is 2.70 bits per heavy atom. The largest absolute Gasteiger partial charge is 0.453 e. The van der Waals surface area contributed by atoms with Crippen LogP contribution in [0.1, 0.15) is 21.6 Å². The molecule has 0 atom stereocenters. The van der Waals surface area contributed by atoms with E-state index in [9.17, 15) is 9.59 Å². The van der Waals surface area contributed by atoms with Crippen molar-refractivity contribution >= 4 is 22.7 Å². The zero-order chi connectivity index (χ0) is 18.8. The van der Waals surface area contributed by atoms with Crippen LogP contribution in [0.25, 0.3) is 22.2 Å². The summed E-state index contributed by atoms with van der Waals surface area (Å²) in [5, 5.41) is 4.57. The van der Waals surface area contributed by atoms with E-state index >= 15 is 0 Å². The van der Waals surface area contributed by atoms with E-state index in [-0.39, 0.29) is 12.2 Å². The molecule has 0 unspecified atom stereocenters. The number of rotatable bonds is 5. The van der Waals surface area contributed by atoms with Crippen molar-refractivity contribution in [2.45, 2.75) is 13.5 Å². The fourth-order valence-corrected chi connectivity index (χ4v) is 2.81. The number of para-hydroxylation sites is 1. The van der Waals surface area contributed by atoms with E-state index in [0.717, 1.165) is 16.6 Å². The maximum absolute atomic E-state index is 12.4. The number of benzene rings is 2. The summed E-state index contributed by atoms with van der Waals surface area (Å²) in [5.74, 6) is -1.06. The van der Waals surface area contributed by atoms with Gasteiger partial charge in [0, 0.05) is 28.7 Å². The maximum Gasteiger partial charge on any atom is 0.380 e. The van der Waals surface area contributed by atoms with Gasteiger partial charge in [-0.15, -0.1) is 0 Å². The number of hydrogen-bond donors (Lipinski definition) is 1. The quantitative estimate of drug-likeness (QED) is 0.330. The van der Waals surface area contributed by atoms with Crippen LogP contribution in [-0.4, -0.2) is 21.9 Å². The van der Waals surface area contributed by atoms with Crippen LogP contribution >= 0.6 is 0 Å². The molecular formula is C21H16N2O4. The van der Waals surface area contributed by atoms with Crippen LogP contribution in [0.3, 0.4) is 0 Å². The van der Waals surface area contributed by atoms with E-state index in [1.165, 1.54) is 6.20 Å². The van der Waals surface area contributed by atoms with Crippen LogP contribution in [0.15, 0.2) is 65.3 Å². The molecule has 6 nitrogen and oxygen atoms in total. The van der Waals surface area contributed by atoms with Gasteiger partial charge in [-0.25, -0.2) is 4.79 Å². The number of nitrogens with one attached hydrogen (secondary N) is 1. The predicted molar refractivity (Wildman–Crippen MR) is 99.1 cm³/mol. The molecule has 0 aliphatic heterocycles. The molecule has 2 aromatic heterocycles. The molecular weight excluding hydrogens is 344 g/mol. The first-order valence-corrected chi connectivity index (χ1v) is 8.42. The van der Waals surface area contributed by atoms with Crippen molar-refractivity contribution in [1.82, 2.24) is 10.1 Å². The molecule has 0 fully saturated rings. The molecule has 0 amide bonds. The SMILES string of the molecule is Cc1ccc(-c2cc(COC(=O)C(=O)c3c[nH]c4ccccc34)no2)cc1. The van der Waals surface area contributed by atoms with Crippen molar-refractivity contribution in [2.24, 2.45) is 0 Å². The summed E-state index contributed by atoms with van der Waals surface area (Å²) in [7, 11) is 0. The molecule has 134 valence electrons. The Hall–Kier alpha value is -3.67. The first-order valence-electron chi connectivity index (χ1n) is 8.42. The number of nitrogens with zero attached hydrogens (tertiary/aromatic N) is 1. The second-order valence-corrected chi connectivity index (χ2v) is 6.20. The third-order valence-electron chi connectivity index (χ3n) is 4.27. The number of aromatic amines is 1. The summed E-state index contributed by atoms with van der Waals surface area (Å²) in [5.41, 5.74) is 3.53. The molecule has 2 aromatic carbocycles. The lowest BCUT2D eigenvalue weighted by molar-refractivity contribution is -0.139. The Bertz CT molecular complexity index is 1120. The third-order valence-corrected chi connectivity index (χ3v) is 4.27. The van der Waals surface area contributed by atoms with E-state index in [1.807, 2.05) is 43.3 Å². The molecule has 0 saturated carbocycles. The fraction of sp³-hybridized carbons (Fsp3) is 0.0952. The van der Waals surface area contributed by atoms with Crippen molar-refractivity contribution in [2.75, 3.05) is 0 Å². The fourth-order valence-electron chi connectivity index (χ4n) is 2.81. The first kappa shape index (κ1) is 16.8. The highest BCUT2D eigenvalue weighted by Crippen LogP contribution is 2.22. The lowest BCUT2D eigenvalue weighted by Gasteiger charge is -2.01. The van der Waals surface area contributed by atoms with Gasteiger partial charge in [-0.2, -0.15) is 0 Å². The summed E-state index contributed by atoms with van der Waals surface area (Å²) in [6, 6.07) is 16.7. The Kier molecular flexibility index (Phi) is 4.30. The number of ketones is 1. The number of carbonyl (C=O) groups is 2.